The van der Waals surface area contributed by atoms with Gasteiger partial charge in [-0.25, -0.2) is 4.79 Å². The third kappa shape index (κ3) is 3.98. The molecule has 150 valence electrons. The molecular formula is C21H27N3O4. The van der Waals surface area contributed by atoms with E-state index in [2.05, 4.69) is 10.3 Å². The molecule has 2 fully saturated rings. The van der Waals surface area contributed by atoms with Gasteiger partial charge in [-0.2, -0.15) is 0 Å². The van der Waals surface area contributed by atoms with Crippen LogP contribution in [-0.4, -0.2) is 40.6 Å². The van der Waals surface area contributed by atoms with Crippen LogP contribution in [0.25, 0.3) is 11.0 Å². The maximum atomic E-state index is 12.4. The minimum Gasteiger partial charge on any atom is -0.444 e. The molecule has 2 aliphatic rings. The number of aromatic nitrogens is 1. The quantitative estimate of drug-likeness (QED) is 0.856. The summed E-state index contributed by atoms with van der Waals surface area (Å²) in [4.78, 5) is 30.4. The van der Waals surface area contributed by atoms with Crippen LogP contribution in [0.5, 0.6) is 0 Å². The van der Waals surface area contributed by atoms with Gasteiger partial charge >= 0.3 is 6.09 Å². The number of carbonyl (C=O) groups excluding carboxylic acids is 2. The zero-order valence-electron chi connectivity index (χ0n) is 16.7. The van der Waals surface area contributed by atoms with Crippen LogP contribution in [0.3, 0.4) is 0 Å². The average Bonchev–Trinajstić information content (AvgIpc) is 3.09. The molecule has 2 aromatic heterocycles. The van der Waals surface area contributed by atoms with Gasteiger partial charge in [0.05, 0.1) is 6.20 Å². The van der Waals surface area contributed by atoms with Crippen molar-refractivity contribution in [3.05, 3.63) is 24.5 Å². The number of likely N-dealkylation sites (tertiary alicyclic amines) is 1. The van der Waals surface area contributed by atoms with Crippen molar-refractivity contribution in [1.29, 1.82) is 0 Å². The molecule has 1 saturated heterocycles. The van der Waals surface area contributed by atoms with Gasteiger partial charge in [0.25, 0.3) is 0 Å². The number of furan rings is 1. The van der Waals surface area contributed by atoms with Gasteiger partial charge in [-0.3, -0.25) is 15.1 Å². The minimum absolute atomic E-state index is 0.0246. The van der Waals surface area contributed by atoms with Crippen molar-refractivity contribution in [3.63, 3.8) is 0 Å². The van der Waals surface area contributed by atoms with Crippen LogP contribution in [-0.2, 0) is 9.53 Å². The van der Waals surface area contributed by atoms with Crippen molar-refractivity contribution in [2.45, 2.75) is 52.1 Å². The van der Waals surface area contributed by atoms with E-state index in [9.17, 15) is 9.59 Å². The van der Waals surface area contributed by atoms with Gasteiger partial charge in [-0.1, -0.05) is 0 Å². The molecule has 28 heavy (non-hydrogen) atoms. The Morgan fingerprint density at radius 2 is 2.11 bits per heavy atom. The lowest BCUT2D eigenvalue weighted by Gasteiger charge is -2.34. The Morgan fingerprint density at radius 1 is 1.36 bits per heavy atom. The molecule has 1 aliphatic carbocycles. The molecular weight excluding hydrogens is 358 g/mol. The summed E-state index contributed by atoms with van der Waals surface area (Å²) in [7, 11) is 0. The van der Waals surface area contributed by atoms with E-state index >= 15 is 0 Å². The second-order valence-corrected chi connectivity index (χ2v) is 9.01. The van der Waals surface area contributed by atoms with E-state index in [1.807, 2.05) is 32.9 Å². The summed E-state index contributed by atoms with van der Waals surface area (Å²) in [5.74, 6) is 0.810. The highest BCUT2D eigenvalue weighted by atomic mass is 16.6. The number of nitrogens with one attached hydrogen (secondary N) is 1. The van der Waals surface area contributed by atoms with Crippen molar-refractivity contribution in [3.8, 4) is 0 Å². The number of amides is 2. The number of fused-ring (bicyclic) bond motifs is 1. The van der Waals surface area contributed by atoms with Gasteiger partial charge in [0.15, 0.2) is 5.58 Å². The van der Waals surface area contributed by atoms with E-state index < -0.39 is 5.60 Å². The predicted molar refractivity (Wildman–Crippen MR) is 105 cm³/mol. The van der Waals surface area contributed by atoms with E-state index in [0.29, 0.717) is 36.9 Å². The topological polar surface area (TPSA) is 84.7 Å². The van der Waals surface area contributed by atoms with Crippen molar-refractivity contribution in [2.75, 3.05) is 18.4 Å². The predicted octanol–water partition coefficient (Wildman–Crippen LogP) is 4.19. The smallest absolute Gasteiger partial charge is 0.410 e. The van der Waals surface area contributed by atoms with Crippen LogP contribution in [0.2, 0.25) is 0 Å². The first-order valence-corrected chi connectivity index (χ1v) is 9.85. The van der Waals surface area contributed by atoms with Crippen molar-refractivity contribution in [2.24, 2.45) is 11.3 Å². The molecule has 7 heteroatoms. The summed E-state index contributed by atoms with van der Waals surface area (Å²) < 4.78 is 11.1. The van der Waals surface area contributed by atoms with E-state index in [1.165, 1.54) is 0 Å². The highest BCUT2D eigenvalue weighted by molar-refractivity contribution is 5.92. The molecule has 4 rings (SSSR count). The Kier molecular flexibility index (Phi) is 4.56. The first-order valence-electron chi connectivity index (χ1n) is 9.85. The molecule has 0 bridgehead atoms. The van der Waals surface area contributed by atoms with Crippen molar-refractivity contribution in [1.82, 2.24) is 9.88 Å². The number of ether oxygens (including phenoxy) is 1. The number of carbonyl (C=O) groups is 2. The third-order valence-electron chi connectivity index (χ3n) is 5.79. The molecule has 2 aromatic rings. The van der Waals surface area contributed by atoms with Gasteiger partial charge in [0, 0.05) is 37.2 Å². The van der Waals surface area contributed by atoms with Crippen LogP contribution < -0.4 is 5.32 Å². The number of rotatable bonds is 3. The summed E-state index contributed by atoms with van der Waals surface area (Å²) in [6, 6.07) is 3.67. The van der Waals surface area contributed by atoms with Gasteiger partial charge < -0.3 is 14.1 Å². The van der Waals surface area contributed by atoms with Gasteiger partial charge in [0.2, 0.25) is 11.8 Å². The van der Waals surface area contributed by atoms with E-state index in [0.717, 1.165) is 24.6 Å². The van der Waals surface area contributed by atoms with Crippen molar-refractivity contribution < 1.29 is 18.7 Å². The Labute approximate surface area is 164 Å². The van der Waals surface area contributed by atoms with E-state index in [1.54, 1.807) is 17.3 Å². The van der Waals surface area contributed by atoms with Gasteiger partial charge in [0.1, 0.15) is 5.60 Å². The van der Waals surface area contributed by atoms with Crippen LogP contribution in [0, 0.1) is 11.3 Å². The van der Waals surface area contributed by atoms with Gasteiger partial charge in [-0.15, -0.1) is 0 Å². The molecule has 1 spiro atoms. The first kappa shape index (κ1) is 18.8. The molecule has 7 nitrogen and oxygen atoms in total. The molecule has 2 amide bonds. The molecule has 1 aliphatic heterocycles. The Morgan fingerprint density at radius 3 is 2.79 bits per heavy atom. The summed E-state index contributed by atoms with van der Waals surface area (Å²) in [6.45, 7) is 7.03. The maximum Gasteiger partial charge on any atom is 0.410 e. The molecule has 1 atom stereocenters. The SMILES string of the molecule is CC(C)(C)OC(=O)N1CCC2(CC1)CC2CC(=O)Nc1cc2ccncc2o1. The fourth-order valence-electron chi connectivity index (χ4n) is 4.15. The Bertz CT molecular complexity index is 857. The highest BCUT2D eigenvalue weighted by Gasteiger charge is 2.55. The fourth-order valence-corrected chi connectivity index (χ4v) is 4.15. The standard InChI is InChI=1S/C21H27N3O4/c1-20(2,3)28-19(26)24-8-5-21(6-9-24)12-15(21)11-17(25)23-18-10-14-4-7-22-13-16(14)27-18/h4,7,10,13,15H,5-6,8-9,11-12H2,1-3H3,(H,23,25). The normalized spacial score (nSPS) is 21.0. The largest absolute Gasteiger partial charge is 0.444 e. The number of hydrogen-bond donors (Lipinski definition) is 1. The summed E-state index contributed by atoms with van der Waals surface area (Å²) in [5.41, 5.74) is 0.391. The molecule has 3 heterocycles. The highest BCUT2D eigenvalue weighted by Crippen LogP contribution is 2.61. The molecule has 0 aromatic carbocycles. The number of piperidine rings is 1. The van der Waals surface area contributed by atoms with Crippen LogP contribution in [0.1, 0.15) is 46.5 Å². The summed E-state index contributed by atoms with van der Waals surface area (Å²) in [5, 5.41) is 3.78. The number of pyridine rings is 1. The summed E-state index contributed by atoms with van der Waals surface area (Å²) >= 11 is 0. The fraction of sp³-hybridized carbons (Fsp3) is 0.571. The molecule has 1 unspecified atom stereocenters. The van der Waals surface area contributed by atoms with Crippen LogP contribution in [0.4, 0.5) is 10.7 Å². The Balaban J connectivity index is 1.26. The zero-order valence-corrected chi connectivity index (χ0v) is 16.7. The molecule has 1 N–H and O–H groups in total. The summed E-state index contributed by atoms with van der Waals surface area (Å²) in [6.07, 6.45) is 6.49. The van der Waals surface area contributed by atoms with Crippen LogP contribution >= 0.6 is 0 Å². The number of nitrogens with zero attached hydrogens (tertiary/aromatic N) is 2. The monoisotopic (exact) mass is 385 g/mol. The maximum absolute atomic E-state index is 12.4. The van der Waals surface area contributed by atoms with Crippen molar-refractivity contribution >= 4 is 28.9 Å². The minimum atomic E-state index is -0.473. The van der Waals surface area contributed by atoms with Gasteiger partial charge in [-0.05, 0) is 57.4 Å². The lowest BCUT2D eigenvalue weighted by Crippen LogP contribution is -2.42. The second-order valence-electron chi connectivity index (χ2n) is 9.01. The van der Waals surface area contributed by atoms with Crippen LogP contribution in [0.15, 0.2) is 28.9 Å². The number of hydrogen-bond acceptors (Lipinski definition) is 5. The van der Waals surface area contributed by atoms with E-state index in [-0.39, 0.29) is 17.4 Å². The molecule has 0 radical (unpaired) electrons. The lowest BCUT2D eigenvalue weighted by atomic mass is 9.90. The van der Waals surface area contributed by atoms with E-state index in [4.69, 9.17) is 9.15 Å². The second kappa shape index (κ2) is 6.79. The Hall–Kier alpha value is -2.57. The average molecular weight is 385 g/mol. The third-order valence-corrected chi connectivity index (χ3v) is 5.79. The first-order chi connectivity index (χ1) is 13.2. The zero-order chi connectivity index (χ0) is 19.9. The lowest BCUT2D eigenvalue weighted by molar-refractivity contribution is -0.116. The molecule has 1 saturated carbocycles. The number of anilines is 1.